The van der Waals surface area contributed by atoms with Gasteiger partial charge in [0.15, 0.2) is 5.96 Å². The topological polar surface area (TPSA) is 72.7 Å². The van der Waals surface area contributed by atoms with Crippen LogP contribution in [-0.4, -0.2) is 42.6 Å². The van der Waals surface area contributed by atoms with Crippen LogP contribution in [0.3, 0.4) is 0 Å². The monoisotopic (exact) mass is 563 g/mol. The summed E-state index contributed by atoms with van der Waals surface area (Å²) in [5.74, 6) is 1.61. The number of nitrogens with zero attached hydrogens (tertiary/aromatic N) is 3. The summed E-state index contributed by atoms with van der Waals surface area (Å²) in [5.41, 5.74) is 4.68. The first-order valence-electron chi connectivity index (χ1n) is 11.0. The van der Waals surface area contributed by atoms with E-state index in [0.717, 1.165) is 29.4 Å². The van der Waals surface area contributed by atoms with Gasteiger partial charge in [-0.05, 0) is 42.7 Å². The SMILES string of the molecule is CCOCCOc1cc(C)ccc1CNC(=NC)NCc1ccccc1Cn1cccn1.I. The quantitative estimate of drug-likeness (QED) is 0.159. The normalized spacial score (nSPS) is 11.1. The van der Waals surface area contributed by atoms with Gasteiger partial charge in [0, 0.05) is 44.7 Å². The maximum atomic E-state index is 5.95. The molecule has 0 aliphatic rings. The summed E-state index contributed by atoms with van der Waals surface area (Å²) in [6.45, 7) is 7.87. The molecule has 1 aromatic heterocycles. The van der Waals surface area contributed by atoms with Gasteiger partial charge in [0.2, 0.25) is 0 Å². The molecule has 7 nitrogen and oxygen atoms in total. The van der Waals surface area contributed by atoms with Crippen molar-refractivity contribution in [3.63, 3.8) is 0 Å². The molecule has 0 saturated carbocycles. The molecule has 0 unspecified atom stereocenters. The number of aromatic nitrogens is 2. The first-order chi connectivity index (χ1) is 15.7. The molecule has 3 rings (SSSR count). The van der Waals surface area contributed by atoms with Crippen LogP contribution < -0.4 is 15.4 Å². The van der Waals surface area contributed by atoms with Gasteiger partial charge in [-0.25, -0.2) is 0 Å². The van der Waals surface area contributed by atoms with Crippen molar-refractivity contribution in [1.29, 1.82) is 0 Å². The molecule has 1 heterocycles. The van der Waals surface area contributed by atoms with Crippen molar-refractivity contribution in [3.05, 3.63) is 83.2 Å². The number of hydrogen-bond acceptors (Lipinski definition) is 4. The second-order valence-electron chi connectivity index (χ2n) is 7.41. The molecule has 0 atom stereocenters. The highest BCUT2D eigenvalue weighted by atomic mass is 127. The molecule has 0 spiro atoms. The fourth-order valence-electron chi connectivity index (χ4n) is 3.33. The van der Waals surface area contributed by atoms with E-state index in [2.05, 4.69) is 70.1 Å². The van der Waals surface area contributed by atoms with Gasteiger partial charge >= 0.3 is 0 Å². The zero-order valence-corrected chi connectivity index (χ0v) is 21.9. The Hall–Kier alpha value is -2.59. The maximum Gasteiger partial charge on any atom is 0.191 e. The minimum Gasteiger partial charge on any atom is -0.491 e. The van der Waals surface area contributed by atoms with E-state index in [9.17, 15) is 0 Å². The zero-order chi connectivity index (χ0) is 22.6. The van der Waals surface area contributed by atoms with E-state index in [1.165, 1.54) is 11.1 Å². The van der Waals surface area contributed by atoms with Gasteiger partial charge in [-0.3, -0.25) is 9.67 Å². The van der Waals surface area contributed by atoms with E-state index in [4.69, 9.17) is 9.47 Å². The lowest BCUT2D eigenvalue weighted by atomic mass is 10.1. The van der Waals surface area contributed by atoms with E-state index in [-0.39, 0.29) is 24.0 Å². The molecule has 8 heteroatoms. The number of halogens is 1. The van der Waals surface area contributed by atoms with Crippen molar-refractivity contribution in [2.45, 2.75) is 33.5 Å². The summed E-state index contributed by atoms with van der Waals surface area (Å²) in [6.07, 6.45) is 3.77. The Morgan fingerprint density at radius 3 is 2.45 bits per heavy atom. The van der Waals surface area contributed by atoms with Crippen LogP contribution in [-0.2, 0) is 24.4 Å². The number of guanidine groups is 1. The summed E-state index contributed by atoms with van der Waals surface area (Å²) in [4.78, 5) is 4.37. The molecule has 178 valence electrons. The van der Waals surface area contributed by atoms with Gasteiger partial charge in [-0.15, -0.1) is 24.0 Å². The number of nitrogens with one attached hydrogen (secondary N) is 2. The lowest BCUT2D eigenvalue weighted by Gasteiger charge is -2.16. The van der Waals surface area contributed by atoms with E-state index in [1.54, 1.807) is 13.2 Å². The van der Waals surface area contributed by atoms with E-state index in [0.29, 0.717) is 32.9 Å². The van der Waals surface area contributed by atoms with Gasteiger partial charge in [0.1, 0.15) is 12.4 Å². The Labute approximate surface area is 213 Å². The van der Waals surface area contributed by atoms with Crippen LogP contribution in [0.4, 0.5) is 0 Å². The third kappa shape index (κ3) is 8.70. The third-order valence-corrected chi connectivity index (χ3v) is 5.04. The van der Waals surface area contributed by atoms with Crippen LogP contribution in [0.25, 0.3) is 0 Å². The molecule has 0 radical (unpaired) electrons. The Morgan fingerprint density at radius 2 is 1.76 bits per heavy atom. The predicted octanol–water partition coefficient (Wildman–Crippen LogP) is 4.14. The van der Waals surface area contributed by atoms with Crippen molar-refractivity contribution in [2.24, 2.45) is 4.99 Å². The molecule has 0 aliphatic heterocycles. The molecule has 0 saturated heterocycles. The van der Waals surface area contributed by atoms with Gasteiger partial charge in [-0.1, -0.05) is 36.4 Å². The number of benzene rings is 2. The van der Waals surface area contributed by atoms with Crippen LogP contribution in [0.1, 0.15) is 29.2 Å². The van der Waals surface area contributed by atoms with E-state index < -0.39 is 0 Å². The molecule has 2 aromatic carbocycles. The Balaban J connectivity index is 0.00000385. The van der Waals surface area contributed by atoms with Crippen LogP contribution in [0.5, 0.6) is 5.75 Å². The van der Waals surface area contributed by atoms with Crippen molar-refractivity contribution < 1.29 is 9.47 Å². The predicted molar refractivity (Wildman–Crippen MR) is 143 cm³/mol. The second-order valence-corrected chi connectivity index (χ2v) is 7.41. The van der Waals surface area contributed by atoms with E-state index >= 15 is 0 Å². The minimum absolute atomic E-state index is 0. The average Bonchev–Trinajstić information content (AvgIpc) is 3.32. The van der Waals surface area contributed by atoms with Gasteiger partial charge in [-0.2, -0.15) is 5.10 Å². The molecule has 0 aliphatic carbocycles. The highest BCUT2D eigenvalue weighted by Gasteiger charge is 2.08. The first kappa shape index (κ1) is 26.7. The van der Waals surface area contributed by atoms with Crippen LogP contribution in [0.2, 0.25) is 0 Å². The summed E-state index contributed by atoms with van der Waals surface area (Å²) in [6, 6.07) is 16.5. The molecule has 33 heavy (non-hydrogen) atoms. The minimum atomic E-state index is 0. The van der Waals surface area contributed by atoms with Crippen molar-refractivity contribution in [2.75, 3.05) is 26.9 Å². The number of hydrogen-bond donors (Lipinski definition) is 2. The van der Waals surface area contributed by atoms with Crippen molar-refractivity contribution in [3.8, 4) is 5.75 Å². The Kier molecular flexibility index (Phi) is 11.7. The van der Waals surface area contributed by atoms with Gasteiger partial charge in [0.05, 0.1) is 13.2 Å². The fourth-order valence-corrected chi connectivity index (χ4v) is 3.33. The lowest BCUT2D eigenvalue weighted by molar-refractivity contribution is 0.110. The Bertz CT molecular complexity index is 992. The molecule has 0 fully saturated rings. The van der Waals surface area contributed by atoms with Crippen molar-refractivity contribution >= 4 is 29.9 Å². The maximum absolute atomic E-state index is 5.95. The smallest absolute Gasteiger partial charge is 0.191 e. The largest absolute Gasteiger partial charge is 0.491 e. The molecule has 0 amide bonds. The fraction of sp³-hybridized carbons (Fsp3) is 0.360. The first-order valence-corrected chi connectivity index (χ1v) is 11.0. The molecule has 2 N–H and O–H groups in total. The number of rotatable bonds is 11. The zero-order valence-electron chi connectivity index (χ0n) is 19.6. The molecular weight excluding hydrogens is 529 g/mol. The third-order valence-electron chi connectivity index (χ3n) is 5.04. The number of ether oxygens (including phenoxy) is 2. The lowest BCUT2D eigenvalue weighted by Crippen LogP contribution is -2.36. The standard InChI is InChI=1S/C25H33N5O2.HI/c1-4-31-14-15-32-24-16-20(2)10-11-22(24)18-28-25(26-3)27-17-21-8-5-6-9-23(21)19-30-13-7-12-29-30;/h5-13,16H,4,14-15,17-19H2,1-3H3,(H2,26,27,28);1H. The summed E-state index contributed by atoms with van der Waals surface area (Å²) in [5, 5.41) is 11.1. The summed E-state index contributed by atoms with van der Waals surface area (Å²) >= 11 is 0. The highest BCUT2D eigenvalue weighted by molar-refractivity contribution is 14.0. The van der Waals surface area contributed by atoms with E-state index in [1.807, 2.05) is 23.9 Å². The molecular formula is C25H34IN5O2. The summed E-state index contributed by atoms with van der Waals surface area (Å²) in [7, 11) is 1.78. The van der Waals surface area contributed by atoms with Gasteiger partial charge < -0.3 is 20.1 Å². The average molecular weight is 563 g/mol. The second kappa shape index (κ2) is 14.5. The van der Waals surface area contributed by atoms with Crippen LogP contribution in [0, 0.1) is 6.92 Å². The van der Waals surface area contributed by atoms with Crippen LogP contribution in [0.15, 0.2) is 65.9 Å². The van der Waals surface area contributed by atoms with Crippen molar-refractivity contribution in [1.82, 2.24) is 20.4 Å². The number of aliphatic imine (C=N–C) groups is 1. The molecule has 0 bridgehead atoms. The Morgan fingerprint density at radius 1 is 1.00 bits per heavy atom. The number of aryl methyl sites for hydroxylation is 1. The van der Waals surface area contributed by atoms with Crippen LogP contribution >= 0.6 is 24.0 Å². The highest BCUT2D eigenvalue weighted by Crippen LogP contribution is 2.20. The van der Waals surface area contributed by atoms with Gasteiger partial charge in [0.25, 0.3) is 0 Å². The summed E-state index contributed by atoms with van der Waals surface area (Å²) < 4.78 is 13.3. The molecule has 3 aromatic rings.